The van der Waals surface area contributed by atoms with Crippen molar-refractivity contribution < 1.29 is 14.6 Å². The number of carbonyl (C=O) groups excluding carboxylic acids is 1. The minimum Gasteiger partial charge on any atom is -0.465 e. The molecule has 0 unspecified atom stereocenters. The van der Waals surface area contributed by atoms with Gasteiger partial charge in [0.15, 0.2) is 0 Å². The number of carbonyl (C=O) groups is 1. The standard InChI is InChI=1S/C12H19N3O3/c1-9-14-8-10(12(17)18-2)11(15-9)13-6-4-3-5-7-16/h8,16H,3-7H2,1-2H3,(H,13,14,15). The summed E-state index contributed by atoms with van der Waals surface area (Å²) in [4.78, 5) is 19.7. The molecule has 0 fully saturated rings. The Bertz CT molecular complexity index is 396. The number of aryl methyl sites for hydroxylation is 1. The number of nitrogens with one attached hydrogen (secondary N) is 1. The van der Waals surface area contributed by atoms with Crippen LogP contribution in [-0.4, -0.2) is 41.3 Å². The Hall–Kier alpha value is -1.69. The maximum atomic E-state index is 11.5. The molecule has 0 atom stereocenters. The Balaban J connectivity index is 2.62. The van der Waals surface area contributed by atoms with E-state index in [2.05, 4.69) is 20.0 Å². The van der Waals surface area contributed by atoms with Crippen LogP contribution < -0.4 is 5.32 Å². The summed E-state index contributed by atoms with van der Waals surface area (Å²) >= 11 is 0. The van der Waals surface area contributed by atoms with Crippen molar-refractivity contribution in [3.8, 4) is 0 Å². The number of esters is 1. The van der Waals surface area contributed by atoms with Crippen molar-refractivity contribution in [2.75, 3.05) is 25.6 Å². The van der Waals surface area contributed by atoms with Crippen LogP contribution in [-0.2, 0) is 4.74 Å². The van der Waals surface area contributed by atoms with Crippen molar-refractivity contribution in [3.05, 3.63) is 17.6 Å². The topological polar surface area (TPSA) is 84.3 Å². The number of nitrogens with zero attached hydrogens (tertiary/aromatic N) is 2. The highest BCUT2D eigenvalue weighted by atomic mass is 16.5. The molecule has 2 N–H and O–H groups in total. The number of unbranched alkanes of at least 4 members (excludes halogenated alkanes) is 2. The Kier molecular flexibility index (Phi) is 6.07. The van der Waals surface area contributed by atoms with E-state index in [1.165, 1.54) is 13.3 Å². The largest absolute Gasteiger partial charge is 0.465 e. The highest BCUT2D eigenvalue weighted by Crippen LogP contribution is 2.13. The van der Waals surface area contributed by atoms with Crippen LogP contribution in [0.3, 0.4) is 0 Å². The van der Waals surface area contributed by atoms with Gasteiger partial charge in [-0.3, -0.25) is 0 Å². The number of hydrogen-bond donors (Lipinski definition) is 2. The Labute approximate surface area is 106 Å². The molecule has 0 aliphatic rings. The smallest absolute Gasteiger partial charge is 0.343 e. The first-order valence-corrected chi connectivity index (χ1v) is 5.95. The van der Waals surface area contributed by atoms with Gasteiger partial charge in [0.25, 0.3) is 0 Å². The number of hydrogen-bond acceptors (Lipinski definition) is 6. The Morgan fingerprint density at radius 1 is 1.44 bits per heavy atom. The van der Waals surface area contributed by atoms with Gasteiger partial charge < -0.3 is 15.2 Å². The summed E-state index contributed by atoms with van der Waals surface area (Å²) < 4.78 is 4.67. The van der Waals surface area contributed by atoms with E-state index in [1.807, 2.05) is 0 Å². The second kappa shape index (κ2) is 7.60. The molecule has 0 saturated heterocycles. The average Bonchev–Trinajstić information content (AvgIpc) is 2.38. The molecular weight excluding hydrogens is 234 g/mol. The molecule has 1 aromatic rings. The van der Waals surface area contributed by atoms with Crippen LogP contribution in [0.25, 0.3) is 0 Å². The quantitative estimate of drug-likeness (QED) is 0.560. The van der Waals surface area contributed by atoms with Crippen molar-refractivity contribution in [1.29, 1.82) is 0 Å². The number of aromatic nitrogens is 2. The second-order valence-electron chi connectivity index (χ2n) is 3.88. The summed E-state index contributed by atoms with van der Waals surface area (Å²) in [5, 5.41) is 11.8. The van der Waals surface area contributed by atoms with Gasteiger partial charge >= 0.3 is 5.97 Å². The molecule has 0 amide bonds. The number of anilines is 1. The van der Waals surface area contributed by atoms with E-state index in [9.17, 15) is 4.79 Å². The molecule has 0 spiro atoms. The normalized spacial score (nSPS) is 10.2. The highest BCUT2D eigenvalue weighted by Gasteiger charge is 2.13. The first kappa shape index (κ1) is 14.4. The third-order valence-corrected chi connectivity index (χ3v) is 2.44. The molecular formula is C12H19N3O3. The lowest BCUT2D eigenvalue weighted by Crippen LogP contribution is -2.12. The molecule has 0 aromatic carbocycles. The first-order valence-electron chi connectivity index (χ1n) is 5.95. The van der Waals surface area contributed by atoms with Crippen LogP contribution in [0, 0.1) is 6.92 Å². The first-order chi connectivity index (χ1) is 8.69. The number of aliphatic hydroxyl groups excluding tert-OH is 1. The van der Waals surface area contributed by atoms with Gasteiger partial charge in [-0.2, -0.15) is 0 Å². The van der Waals surface area contributed by atoms with Crippen LogP contribution in [0.2, 0.25) is 0 Å². The SMILES string of the molecule is COC(=O)c1cnc(C)nc1NCCCCCO. The van der Waals surface area contributed by atoms with Gasteiger partial charge in [0.1, 0.15) is 17.2 Å². The number of aliphatic hydroxyl groups is 1. The van der Waals surface area contributed by atoms with Crippen molar-refractivity contribution >= 4 is 11.8 Å². The van der Waals surface area contributed by atoms with Gasteiger partial charge in [0.05, 0.1) is 7.11 Å². The molecule has 18 heavy (non-hydrogen) atoms. The van der Waals surface area contributed by atoms with Crippen molar-refractivity contribution in [2.45, 2.75) is 26.2 Å². The van der Waals surface area contributed by atoms with E-state index in [4.69, 9.17) is 5.11 Å². The fourth-order valence-electron chi connectivity index (χ4n) is 1.48. The monoisotopic (exact) mass is 253 g/mol. The van der Waals surface area contributed by atoms with Crippen molar-refractivity contribution in [2.24, 2.45) is 0 Å². The summed E-state index contributed by atoms with van der Waals surface area (Å²) in [5.74, 6) is 0.645. The molecule has 1 aromatic heterocycles. The molecule has 100 valence electrons. The van der Waals surface area contributed by atoms with E-state index in [-0.39, 0.29) is 6.61 Å². The third-order valence-electron chi connectivity index (χ3n) is 2.44. The minimum atomic E-state index is -0.451. The third kappa shape index (κ3) is 4.29. The minimum absolute atomic E-state index is 0.208. The zero-order valence-corrected chi connectivity index (χ0v) is 10.8. The molecule has 0 radical (unpaired) electrons. The van der Waals surface area contributed by atoms with E-state index < -0.39 is 5.97 Å². The molecule has 6 heteroatoms. The van der Waals surface area contributed by atoms with Gasteiger partial charge in [-0.15, -0.1) is 0 Å². The Morgan fingerprint density at radius 2 is 2.22 bits per heavy atom. The zero-order valence-electron chi connectivity index (χ0n) is 10.8. The fraction of sp³-hybridized carbons (Fsp3) is 0.583. The van der Waals surface area contributed by atoms with Crippen LogP contribution in [0.5, 0.6) is 0 Å². The molecule has 1 heterocycles. The lowest BCUT2D eigenvalue weighted by molar-refractivity contribution is 0.0601. The molecule has 0 bridgehead atoms. The zero-order chi connectivity index (χ0) is 13.4. The summed E-state index contributed by atoms with van der Waals surface area (Å²) in [6.07, 6.45) is 4.09. The van der Waals surface area contributed by atoms with Gasteiger partial charge in [0, 0.05) is 19.3 Å². The number of ether oxygens (including phenoxy) is 1. The van der Waals surface area contributed by atoms with Gasteiger partial charge in [-0.1, -0.05) is 0 Å². The maximum absolute atomic E-state index is 11.5. The van der Waals surface area contributed by atoms with Gasteiger partial charge in [0.2, 0.25) is 0 Å². The van der Waals surface area contributed by atoms with E-state index in [0.717, 1.165) is 19.3 Å². The summed E-state index contributed by atoms with van der Waals surface area (Å²) in [7, 11) is 1.33. The summed E-state index contributed by atoms with van der Waals surface area (Å²) in [6.45, 7) is 2.67. The fourth-order valence-corrected chi connectivity index (χ4v) is 1.48. The summed E-state index contributed by atoms with van der Waals surface area (Å²) in [6, 6.07) is 0. The molecule has 1 rings (SSSR count). The predicted octanol–water partition coefficient (Wildman–Crippen LogP) is 1.15. The average molecular weight is 253 g/mol. The molecule has 6 nitrogen and oxygen atoms in total. The van der Waals surface area contributed by atoms with Crippen LogP contribution >= 0.6 is 0 Å². The van der Waals surface area contributed by atoms with E-state index in [0.29, 0.717) is 23.8 Å². The van der Waals surface area contributed by atoms with Gasteiger partial charge in [-0.05, 0) is 26.2 Å². The van der Waals surface area contributed by atoms with Gasteiger partial charge in [-0.25, -0.2) is 14.8 Å². The summed E-state index contributed by atoms with van der Waals surface area (Å²) in [5.41, 5.74) is 0.338. The van der Waals surface area contributed by atoms with Crippen molar-refractivity contribution in [3.63, 3.8) is 0 Å². The Morgan fingerprint density at radius 3 is 2.89 bits per heavy atom. The van der Waals surface area contributed by atoms with Crippen LogP contribution in [0.15, 0.2) is 6.20 Å². The lowest BCUT2D eigenvalue weighted by atomic mass is 10.2. The maximum Gasteiger partial charge on any atom is 0.343 e. The highest BCUT2D eigenvalue weighted by molar-refractivity contribution is 5.94. The molecule has 0 aliphatic heterocycles. The lowest BCUT2D eigenvalue weighted by Gasteiger charge is -2.09. The number of rotatable bonds is 7. The second-order valence-corrected chi connectivity index (χ2v) is 3.88. The van der Waals surface area contributed by atoms with E-state index in [1.54, 1.807) is 6.92 Å². The predicted molar refractivity (Wildman–Crippen MR) is 67.5 cm³/mol. The molecule has 0 saturated carbocycles. The van der Waals surface area contributed by atoms with Crippen LogP contribution in [0.1, 0.15) is 35.4 Å². The number of methoxy groups -OCH3 is 1. The van der Waals surface area contributed by atoms with E-state index >= 15 is 0 Å². The van der Waals surface area contributed by atoms with Crippen LogP contribution in [0.4, 0.5) is 5.82 Å². The molecule has 0 aliphatic carbocycles. The van der Waals surface area contributed by atoms with Crippen molar-refractivity contribution in [1.82, 2.24) is 9.97 Å².